The van der Waals surface area contributed by atoms with Crippen LogP contribution in [0.15, 0.2) is 0 Å². The Balaban J connectivity index is 1.24. The van der Waals surface area contributed by atoms with E-state index < -0.39 is 11.3 Å². The first-order chi connectivity index (χ1) is 15.8. The molecule has 33 heavy (non-hydrogen) atoms. The van der Waals surface area contributed by atoms with Gasteiger partial charge in [-0.05, 0) is 81.6 Å². The van der Waals surface area contributed by atoms with Crippen molar-refractivity contribution < 1.29 is 19.1 Å². The second-order valence-corrected chi connectivity index (χ2v) is 11.8. The number of nitrogens with zero attached hydrogens (tertiary/aromatic N) is 1. The molecule has 4 fully saturated rings. The second-order valence-electron chi connectivity index (χ2n) is 10.7. The minimum atomic E-state index is -0.606. The zero-order chi connectivity index (χ0) is 23.2. The molecule has 0 saturated heterocycles. The number of carbonyl (C=O) groups is 3. The number of hydrogen-bond acceptors (Lipinski definition) is 6. The van der Waals surface area contributed by atoms with E-state index in [0.717, 1.165) is 69.8 Å². The highest BCUT2D eigenvalue weighted by Gasteiger charge is 2.61. The predicted octanol–water partition coefficient (Wildman–Crippen LogP) is 3.85. The summed E-state index contributed by atoms with van der Waals surface area (Å²) < 4.78 is 5.56. The molecule has 0 aliphatic heterocycles. The van der Waals surface area contributed by atoms with Crippen molar-refractivity contribution in [3.8, 4) is 6.07 Å². The number of fused-ring (bicyclic) bond motifs is 1. The fourth-order valence-corrected chi connectivity index (χ4v) is 8.67. The first kappa shape index (κ1) is 22.4. The van der Waals surface area contributed by atoms with Crippen molar-refractivity contribution in [2.75, 3.05) is 11.9 Å². The number of nitriles is 1. The molecule has 176 valence electrons. The van der Waals surface area contributed by atoms with Crippen LogP contribution in [-0.2, 0) is 32.0 Å². The van der Waals surface area contributed by atoms with Gasteiger partial charge in [-0.2, -0.15) is 5.26 Å². The van der Waals surface area contributed by atoms with Crippen molar-refractivity contribution in [2.24, 2.45) is 17.3 Å². The fourth-order valence-electron chi connectivity index (χ4n) is 7.42. The van der Waals surface area contributed by atoms with Crippen LogP contribution in [0.25, 0.3) is 0 Å². The maximum absolute atomic E-state index is 13.2. The van der Waals surface area contributed by atoms with E-state index in [2.05, 4.69) is 16.7 Å². The molecular weight excluding hydrogens is 438 g/mol. The standard InChI is InChI=1S/C25H31N3O4S/c1-15(29)28-25-10-16-7-17(11-25)9-24(8-16,14-25)23(31)32-13-21(30)27-22-19(12-26)18-5-3-2-4-6-20(18)33-22/h16-17H,2-11,13-14H2,1H3,(H,27,30)(H,28,29)/t16-,17-,24?,25?/m1/s1. The van der Waals surface area contributed by atoms with E-state index in [1.165, 1.54) is 23.1 Å². The molecule has 4 saturated carbocycles. The molecule has 7 nitrogen and oxygen atoms in total. The summed E-state index contributed by atoms with van der Waals surface area (Å²) in [5.74, 6) is 0.0577. The first-order valence-corrected chi connectivity index (χ1v) is 12.9. The van der Waals surface area contributed by atoms with Gasteiger partial charge >= 0.3 is 5.97 Å². The molecular formula is C25H31N3O4S. The fraction of sp³-hybridized carbons (Fsp3) is 0.680. The average molecular weight is 470 g/mol. The lowest BCUT2D eigenvalue weighted by Crippen LogP contribution is -2.64. The Kier molecular flexibility index (Phi) is 5.72. The second kappa shape index (κ2) is 8.43. The van der Waals surface area contributed by atoms with Gasteiger partial charge in [0.1, 0.15) is 11.1 Å². The van der Waals surface area contributed by atoms with E-state index in [1.54, 1.807) is 0 Å². The van der Waals surface area contributed by atoms with Crippen LogP contribution in [0.4, 0.5) is 5.00 Å². The lowest BCUT2D eigenvalue weighted by molar-refractivity contribution is -0.176. The number of nitrogens with one attached hydrogen (secondary N) is 2. The monoisotopic (exact) mass is 469 g/mol. The number of rotatable bonds is 5. The highest BCUT2D eigenvalue weighted by atomic mass is 32.1. The molecule has 2 amide bonds. The molecule has 0 aromatic carbocycles. The smallest absolute Gasteiger partial charge is 0.312 e. The van der Waals surface area contributed by atoms with Crippen molar-refractivity contribution >= 4 is 34.1 Å². The Morgan fingerprint density at radius 1 is 1.12 bits per heavy atom. The number of aryl methyl sites for hydroxylation is 1. The minimum Gasteiger partial charge on any atom is -0.455 e. The summed E-state index contributed by atoms with van der Waals surface area (Å²) in [6, 6.07) is 2.26. The van der Waals surface area contributed by atoms with Crippen molar-refractivity contribution in [3.63, 3.8) is 0 Å². The Labute approximate surface area is 198 Å². The van der Waals surface area contributed by atoms with Crippen molar-refractivity contribution in [1.29, 1.82) is 5.26 Å². The third kappa shape index (κ3) is 4.16. The number of carbonyl (C=O) groups excluding carboxylic acids is 3. The van der Waals surface area contributed by atoms with Gasteiger partial charge in [0.2, 0.25) is 5.91 Å². The van der Waals surface area contributed by atoms with Crippen LogP contribution in [0.5, 0.6) is 0 Å². The SMILES string of the molecule is CC(=O)NC12C[C@@H]3C[C@@H](C1)CC(C(=O)OCC(=O)Nc1sc4c(c1C#N)CCCCC4)(C3)C2. The largest absolute Gasteiger partial charge is 0.455 e. The van der Waals surface area contributed by atoms with E-state index in [9.17, 15) is 19.6 Å². The molecule has 4 bridgehead atoms. The lowest BCUT2D eigenvalue weighted by atomic mass is 9.47. The zero-order valence-corrected chi connectivity index (χ0v) is 19.9. The maximum Gasteiger partial charge on any atom is 0.312 e. The van der Waals surface area contributed by atoms with Crippen molar-refractivity contribution in [1.82, 2.24) is 5.32 Å². The molecule has 6 rings (SSSR count). The van der Waals surface area contributed by atoms with Crippen LogP contribution in [0, 0.1) is 28.6 Å². The average Bonchev–Trinajstić information content (AvgIpc) is 2.88. The predicted molar refractivity (Wildman–Crippen MR) is 124 cm³/mol. The molecule has 1 aromatic heterocycles. The molecule has 5 aliphatic carbocycles. The quantitative estimate of drug-likeness (QED) is 0.503. The number of hydrogen-bond donors (Lipinski definition) is 2. The Hall–Kier alpha value is -2.40. The number of anilines is 1. The van der Waals surface area contributed by atoms with Gasteiger partial charge in [0, 0.05) is 17.3 Å². The van der Waals surface area contributed by atoms with E-state index >= 15 is 0 Å². The maximum atomic E-state index is 13.2. The Morgan fingerprint density at radius 2 is 1.85 bits per heavy atom. The normalized spacial score (nSPS) is 31.8. The van der Waals surface area contributed by atoms with Crippen LogP contribution in [-0.4, -0.2) is 29.9 Å². The third-order valence-corrected chi connectivity index (χ3v) is 9.26. The molecule has 8 heteroatoms. The number of thiophene rings is 1. The molecule has 1 aromatic rings. The summed E-state index contributed by atoms with van der Waals surface area (Å²) in [4.78, 5) is 38.9. The van der Waals surface area contributed by atoms with Crippen molar-refractivity contribution in [2.45, 2.75) is 83.1 Å². The molecule has 2 N–H and O–H groups in total. The molecule has 1 heterocycles. The highest BCUT2D eigenvalue weighted by Crippen LogP contribution is 2.62. The topological polar surface area (TPSA) is 108 Å². The van der Waals surface area contributed by atoms with Crippen LogP contribution < -0.4 is 10.6 Å². The van der Waals surface area contributed by atoms with Gasteiger partial charge in [-0.1, -0.05) is 6.42 Å². The Bertz CT molecular complexity index is 1030. The van der Waals surface area contributed by atoms with Crippen LogP contribution in [0.3, 0.4) is 0 Å². The molecule has 0 radical (unpaired) electrons. The van der Waals surface area contributed by atoms with Crippen LogP contribution in [0.1, 0.15) is 80.7 Å². The highest BCUT2D eigenvalue weighted by molar-refractivity contribution is 7.16. The van der Waals surface area contributed by atoms with Gasteiger partial charge in [-0.3, -0.25) is 14.4 Å². The molecule has 0 unspecified atom stereocenters. The summed E-state index contributed by atoms with van der Waals surface area (Å²) in [7, 11) is 0. The minimum absolute atomic E-state index is 0.0532. The number of esters is 1. The van der Waals surface area contributed by atoms with Crippen LogP contribution >= 0.6 is 11.3 Å². The number of ether oxygens (including phenoxy) is 1. The third-order valence-electron chi connectivity index (χ3n) is 8.06. The van der Waals surface area contributed by atoms with E-state index in [-0.39, 0.29) is 24.0 Å². The first-order valence-electron chi connectivity index (χ1n) is 12.1. The van der Waals surface area contributed by atoms with E-state index in [0.29, 0.717) is 28.8 Å². The summed E-state index contributed by atoms with van der Waals surface area (Å²) in [5, 5.41) is 16.2. The molecule has 2 atom stereocenters. The van der Waals surface area contributed by atoms with Gasteiger partial charge < -0.3 is 15.4 Å². The van der Waals surface area contributed by atoms with Crippen LogP contribution in [0.2, 0.25) is 0 Å². The van der Waals surface area contributed by atoms with E-state index in [4.69, 9.17) is 4.74 Å². The van der Waals surface area contributed by atoms with Crippen molar-refractivity contribution in [3.05, 3.63) is 16.0 Å². The van der Waals surface area contributed by atoms with Gasteiger partial charge in [-0.15, -0.1) is 11.3 Å². The molecule has 0 spiro atoms. The summed E-state index contributed by atoms with van der Waals surface area (Å²) in [5.41, 5.74) is 0.720. The van der Waals surface area contributed by atoms with Gasteiger partial charge in [0.15, 0.2) is 6.61 Å². The summed E-state index contributed by atoms with van der Waals surface area (Å²) in [6.07, 6.45) is 10.3. The summed E-state index contributed by atoms with van der Waals surface area (Å²) >= 11 is 1.48. The van der Waals surface area contributed by atoms with E-state index in [1.807, 2.05) is 0 Å². The zero-order valence-electron chi connectivity index (χ0n) is 19.1. The summed E-state index contributed by atoms with van der Waals surface area (Å²) in [6.45, 7) is 1.18. The molecule has 5 aliphatic rings. The lowest BCUT2D eigenvalue weighted by Gasteiger charge is -2.60. The van der Waals surface area contributed by atoms with Gasteiger partial charge in [-0.25, -0.2) is 0 Å². The Morgan fingerprint density at radius 3 is 2.55 bits per heavy atom. The van der Waals surface area contributed by atoms with Gasteiger partial charge in [0.05, 0.1) is 11.0 Å². The van der Waals surface area contributed by atoms with Gasteiger partial charge in [0.25, 0.3) is 5.91 Å². The number of amides is 2.